The van der Waals surface area contributed by atoms with E-state index >= 15 is 0 Å². The van der Waals surface area contributed by atoms with Gasteiger partial charge in [0.2, 0.25) is 0 Å². The van der Waals surface area contributed by atoms with Gasteiger partial charge in [0.25, 0.3) is 0 Å². The first-order valence-corrected chi connectivity index (χ1v) is 4.71. The molecule has 0 bridgehead atoms. The first kappa shape index (κ1) is 2.22. The van der Waals surface area contributed by atoms with Crippen molar-refractivity contribution in [3.63, 3.8) is 0 Å². The Bertz CT molecular complexity index is 141. The summed E-state index contributed by atoms with van der Waals surface area (Å²) in [5.74, 6) is -2.40. The maximum atomic E-state index is 7.56. The van der Waals surface area contributed by atoms with E-state index in [-0.39, 0.29) is 0 Å². The van der Waals surface area contributed by atoms with Gasteiger partial charge in [-0.15, -0.1) is 0 Å². The van der Waals surface area contributed by atoms with Crippen LogP contribution in [-0.2, 0) is 0 Å². The topological polar surface area (TPSA) is 0 Å². The van der Waals surface area contributed by atoms with Crippen LogP contribution in [0.4, 0.5) is 0 Å². The molecular weight excluding hydrogens is 100 g/mol. The molecule has 0 spiro atoms. The van der Waals surface area contributed by atoms with Gasteiger partial charge in [-0.2, -0.15) is 0 Å². The highest BCUT2D eigenvalue weighted by atomic mass is 28.3. The minimum Gasteiger partial charge on any atom is -0.0711 e. The van der Waals surface area contributed by atoms with Crippen LogP contribution in [0, 0.1) is 0 Å². The molecule has 0 saturated carbocycles. The lowest BCUT2D eigenvalue weighted by atomic mass is 10.3. The summed E-state index contributed by atoms with van der Waals surface area (Å²) in [6, 6.07) is 0. The van der Waals surface area contributed by atoms with E-state index in [1.165, 1.54) is 0 Å². The SMILES string of the molecule is [2H]C1([2H])CCCC([2H])([2H])[Si]1C. The van der Waals surface area contributed by atoms with Crippen LogP contribution in [0.15, 0.2) is 0 Å². The van der Waals surface area contributed by atoms with Crippen molar-refractivity contribution in [3.8, 4) is 0 Å². The van der Waals surface area contributed by atoms with Gasteiger partial charge in [0.05, 0.1) is 0 Å². The second-order valence-electron chi connectivity index (χ2n) is 1.83. The first-order valence-electron chi connectivity index (χ1n) is 4.71. The second-order valence-corrected chi connectivity index (χ2v) is 3.79. The minimum atomic E-state index is -1.48. The van der Waals surface area contributed by atoms with E-state index in [4.69, 9.17) is 5.48 Å². The Balaban J connectivity index is 2.76. The molecule has 0 unspecified atom stereocenters. The fourth-order valence-corrected chi connectivity index (χ4v) is 1.93. The lowest BCUT2D eigenvalue weighted by Crippen LogP contribution is -2.09. The van der Waals surface area contributed by atoms with Gasteiger partial charge in [-0.3, -0.25) is 0 Å². The van der Waals surface area contributed by atoms with Crippen LogP contribution < -0.4 is 0 Å². The molecule has 1 aliphatic heterocycles. The van der Waals surface area contributed by atoms with Crippen molar-refractivity contribution in [3.05, 3.63) is 0 Å². The van der Waals surface area contributed by atoms with Crippen LogP contribution in [0.2, 0.25) is 18.5 Å². The van der Waals surface area contributed by atoms with Gasteiger partial charge in [0, 0.05) is 14.3 Å². The second kappa shape index (κ2) is 2.51. The Morgan fingerprint density at radius 3 is 2.29 bits per heavy atom. The summed E-state index contributed by atoms with van der Waals surface area (Å²) in [6.45, 7) is 1.77. The van der Waals surface area contributed by atoms with Crippen LogP contribution >= 0.6 is 0 Å². The molecule has 1 aliphatic rings. The summed E-state index contributed by atoms with van der Waals surface area (Å²) in [4.78, 5) is 0. The third kappa shape index (κ3) is 1.64. The lowest BCUT2D eigenvalue weighted by Gasteiger charge is -2.13. The Hall–Kier alpha value is 0.217. The van der Waals surface area contributed by atoms with Crippen LogP contribution in [0.3, 0.4) is 0 Å². The normalized spacial score (nSPS) is 48.1. The Morgan fingerprint density at radius 1 is 1.29 bits per heavy atom. The summed E-state index contributed by atoms with van der Waals surface area (Å²) in [5.41, 5.74) is 0. The Labute approximate surface area is 53.2 Å². The standard InChI is InChI=1S/C6H13Si/c1-7-5-3-2-4-6-7/h2-6H2,1H3/i5D2,6D2. The predicted molar refractivity (Wildman–Crippen MR) is 35.1 cm³/mol. The average molecular weight is 117 g/mol. The molecule has 0 aliphatic carbocycles. The molecule has 1 fully saturated rings. The molecular formula is C6H13Si. The molecule has 0 aromatic heterocycles. The quantitative estimate of drug-likeness (QED) is 0.427. The molecule has 1 heterocycles. The van der Waals surface area contributed by atoms with Crippen molar-refractivity contribution in [2.24, 2.45) is 0 Å². The highest BCUT2D eigenvalue weighted by molar-refractivity contribution is 6.57. The lowest BCUT2D eigenvalue weighted by molar-refractivity contribution is 0.725. The van der Waals surface area contributed by atoms with Crippen LogP contribution in [-0.4, -0.2) is 8.80 Å². The molecule has 1 heteroatoms. The van der Waals surface area contributed by atoms with Crippen molar-refractivity contribution in [1.29, 1.82) is 0 Å². The van der Waals surface area contributed by atoms with Gasteiger partial charge in [0.1, 0.15) is 0 Å². The summed E-state index contributed by atoms with van der Waals surface area (Å²) in [6.07, 6.45) is 1.80. The summed E-state index contributed by atoms with van der Waals surface area (Å²) in [7, 11) is -1.48. The molecule has 1 radical (unpaired) electrons. The monoisotopic (exact) mass is 117 g/mol. The highest BCUT2D eigenvalue weighted by Gasteiger charge is 2.07. The van der Waals surface area contributed by atoms with Crippen molar-refractivity contribution < 1.29 is 5.48 Å². The average Bonchev–Trinajstić information content (AvgIpc) is 1.82. The Kier molecular flexibility index (Phi) is 0.794. The highest BCUT2D eigenvalue weighted by Crippen LogP contribution is 2.17. The molecule has 1 rings (SSSR count). The first-order chi connectivity index (χ1) is 4.86. The van der Waals surface area contributed by atoms with E-state index in [9.17, 15) is 0 Å². The maximum Gasteiger partial charge on any atom is 0.0446 e. The van der Waals surface area contributed by atoms with Gasteiger partial charge in [-0.1, -0.05) is 37.8 Å². The van der Waals surface area contributed by atoms with Gasteiger partial charge >= 0.3 is 0 Å². The van der Waals surface area contributed by atoms with Gasteiger partial charge < -0.3 is 0 Å². The molecule has 0 aromatic rings. The Morgan fingerprint density at radius 2 is 1.86 bits per heavy atom. The molecule has 1 saturated heterocycles. The van der Waals surface area contributed by atoms with E-state index in [2.05, 4.69) is 0 Å². The summed E-state index contributed by atoms with van der Waals surface area (Å²) < 4.78 is 30.2. The zero-order chi connectivity index (χ0) is 8.70. The molecule has 0 nitrogen and oxygen atoms in total. The van der Waals surface area contributed by atoms with Crippen LogP contribution in [0.25, 0.3) is 0 Å². The molecule has 0 aromatic carbocycles. The largest absolute Gasteiger partial charge is 0.0711 e. The van der Waals surface area contributed by atoms with Crippen molar-refractivity contribution in [2.75, 3.05) is 0 Å². The molecule has 0 atom stereocenters. The minimum absolute atomic E-state index is 0.553. The summed E-state index contributed by atoms with van der Waals surface area (Å²) >= 11 is 0. The maximum absolute atomic E-state index is 7.56. The smallest absolute Gasteiger partial charge is 0.0446 e. The fraction of sp³-hybridized carbons (Fsp3) is 1.00. The van der Waals surface area contributed by atoms with Crippen LogP contribution in [0.5, 0.6) is 0 Å². The van der Waals surface area contributed by atoms with E-state index in [0.717, 1.165) is 0 Å². The van der Waals surface area contributed by atoms with E-state index in [1.54, 1.807) is 6.55 Å². The van der Waals surface area contributed by atoms with Crippen molar-refractivity contribution in [1.82, 2.24) is 0 Å². The van der Waals surface area contributed by atoms with Crippen LogP contribution in [0.1, 0.15) is 24.7 Å². The number of rotatable bonds is 0. The third-order valence-electron chi connectivity index (χ3n) is 1.13. The van der Waals surface area contributed by atoms with E-state index in [1.807, 2.05) is 0 Å². The van der Waals surface area contributed by atoms with Crippen molar-refractivity contribution in [2.45, 2.75) is 37.8 Å². The number of hydrogen-bond acceptors (Lipinski definition) is 0. The van der Waals surface area contributed by atoms with E-state index < -0.39 is 20.8 Å². The van der Waals surface area contributed by atoms with Crippen molar-refractivity contribution >= 4 is 8.80 Å². The van der Waals surface area contributed by atoms with Gasteiger partial charge in [-0.25, -0.2) is 0 Å². The molecule has 0 N–H and O–H groups in total. The van der Waals surface area contributed by atoms with Gasteiger partial charge in [-0.05, 0) is 0 Å². The molecule has 0 amide bonds. The molecule has 7 heavy (non-hydrogen) atoms. The molecule has 41 valence electrons. The predicted octanol–water partition coefficient (Wildman–Crippen LogP) is 2.29. The fourth-order valence-electron chi connectivity index (χ4n) is 0.703. The summed E-state index contributed by atoms with van der Waals surface area (Å²) in [5, 5.41) is 0. The zero-order valence-corrected chi connectivity index (χ0v) is 5.62. The zero-order valence-electron chi connectivity index (χ0n) is 8.62. The van der Waals surface area contributed by atoms with Gasteiger partial charge in [0.15, 0.2) is 0 Å². The number of hydrogen-bond donors (Lipinski definition) is 0. The third-order valence-corrected chi connectivity index (χ3v) is 2.69. The van der Waals surface area contributed by atoms with E-state index in [0.29, 0.717) is 19.3 Å².